The lowest BCUT2D eigenvalue weighted by molar-refractivity contribution is 0.0685. The second kappa shape index (κ2) is 7.66. The van der Waals surface area contributed by atoms with Crippen molar-refractivity contribution in [3.63, 3.8) is 0 Å². The minimum atomic E-state index is -0.0149. The Morgan fingerprint density at radius 3 is 1.39 bits per heavy atom. The predicted molar refractivity (Wildman–Crippen MR) is 99.2 cm³/mol. The number of carbonyl (C=O) groups excluding carboxylic acids is 2. The van der Waals surface area contributed by atoms with Crippen molar-refractivity contribution in [2.45, 2.75) is 38.5 Å². The summed E-state index contributed by atoms with van der Waals surface area (Å²) in [5.74, 6) is -0.0298. The smallest absolute Gasteiger partial charge is 0.256 e. The van der Waals surface area contributed by atoms with Gasteiger partial charge in [-0.3, -0.25) is 9.59 Å². The Morgan fingerprint density at radius 1 is 0.696 bits per heavy atom. The van der Waals surface area contributed by atoms with Gasteiger partial charge in [0.1, 0.15) is 0 Å². The van der Waals surface area contributed by atoms with Crippen LogP contribution in [0, 0.1) is 0 Å². The summed E-state index contributed by atoms with van der Waals surface area (Å²) in [6.45, 7) is 3.15. The van der Waals surface area contributed by atoms with Crippen LogP contribution >= 0.6 is 43.2 Å². The molecule has 2 fully saturated rings. The van der Waals surface area contributed by atoms with Gasteiger partial charge < -0.3 is 9.80 Å². The molecule has 1 aromatic rings. The van der Waals surface area contributed by atoms with Gasteiger partial charge in [-0.25, -0.2) is 0 Å². The van der Waals surface area contributed by atoms with Crippen LogP contribution in [-0.2, 0) is 0 Å². The molecule has 1 aromatic heterocycles. The van der Waals surface area contributed by atoms with E-state index in [0.717, 1.165) is 59.4 Å². The number of halogens is 2. The highest BCUT2D eigenvalue weighted by Gasteiger charge is 2.32. The van der Waals surface area contributed by atoms with Gasteiger partial charge in [-0.1, -0.05) is 0 Å². The Hall–Kier alpha value is -0.400. The third-order valence-electron chi connectivity index (χ3n) is 4.54. The number of likely N-dealkylation sites (tertiary alicyclic amines) is 2. The van der Waals surface area contributed by atoms with E-state index in [-0.39, 0.29) is 11.8 Å². The van der Waals surface area contributed by atoms with Crippen LogP contribution in [0.5, 0.6) is 0 Å². The lowest BCUT2D eigenvalue weighted by Gasteiger charge is -2.29. The van der Waals surface area contributed by atoms with E-state index in [1.165, 1.54) is 24.2 Å². The van der Waals surface area contributed by atoms with Gasteiger partial charge >= 0.3 is 0 Å². The van der Waals surface area contributed by atoms with Crippen molar-refractivity contribution < 1.29 is 9.59 Å². The van der Waals surface area contributed by atoms with Crippen LogP contribution < -0.4 is 0 Å². The highest BCUT2D eigenvalue weighted by atomic mass is 79.9. The van der Waals surface area contributed by atoms with Crippen molar-refractivity contribution in [2.24, 2.45) is 0 Å². The molecular weight excluding hydrogens is 444 g/mol. The molecule has 0 bridgehead atoms. The summed E-state index contributed by atoms with van der Waals surface area (Å²) in [7, 11) is 0. The number of hydrogen-bond acceptors (Lipinski definition) is 3. The number of thiophene rings is 1. The maximum absolute atomic E-state index is 13.0. The van der Waals surface area contributed by atoms with Crippen LogP contribution in [-0.4, -0.2) is 47.8 Å². The first kappa shape index (κ1) is 17.4. The van der Waals surface area contributed by atoms with Crippen molar-refractivity contribution in [3.8, 4) is 0 Å². The molecule has 2 saturated heterocycles. The fourth-order valence-corrected chi connectivity index (χ4v) is 6.37. The number of piperidine rings is 2. The molecule has 7 heteroatoms. The molecule has 23 heavy (non-hydrogen) atoms. The molecule has 0 aliphatic carbocycles. The molecule has 4 nitrogen and oxygen atoms in total. The lowest BCUT2D eigenvalue weighted by Crippen LogP contribution is -2.39. The van der Waals surface area contributed by atoms with E-state index in [0.29, 0.717) is 11.1 Å². The van der Waals surface area contributed by atoms with E-state index >= 15 is 0 Å². The fraction of sp³-hybridized carbons (Fsp3) is 0.625. The van der Waals surface area contributed by atoms with Crippen LogP contribution in [0.4, 0.5) is 0 Å². The Labute approximate surface area is 157 Å². The molecule has 0 radical (unpaired) electrons. The van der Waals surface area contributed by atoms with E-state index in [9.17, 15) is 9.59 Å². The third-order valence-corrected chi connectivity index (χ3v) is 7.07. The average Bonchev–Trinajstić information content (AvgIpc) is 2.89. The zero-order chi connectivity index (χ0) is 16.4. The van der Waals surface area contributed by atoms with Crippen molar-refractivity contribution >= 4 is 55.0 Å². The number of nitrogens with zero attached hydrogens (tertiary/aromatic N) is 2. The van der Waals surface area contributed by atoms with Crippen LogP contribution in [0.3, 0.4) is 0 Å². The number of hydrogen-bond donors (Lipinski definition) is 0. The molecule has 3 rings (SSSR count). The Kier molecular flexibility index (Phi) is 5.80. The lowest BCUT2D eigenvalue weighted by atomic mass is 10.1. The molecule has 0 spiro atoms. The Morgan fingerprint density at radius 2 is 1.04 bits per heavy atom. The summed E-state index contributed by atoms with van der Waals surface area (Å²) in [4.78, 5) is 29.7. The number of amides is 2. The third kappa shape index (κ3) is 3.66. The van der Waals surface area contributed by atoms with Gasteiger partial charge in [0.15, 0.2) is 0 Å². The molecule has 0 aromatic carbocycles. The van der Waals surface area contributed by atoms with Gasteiger partial charge in [-0.2, -0.15) is 0 Å². The summed E-state index contributed by atoms with van der Waals surface area (Å²) in [5, 5.41) is 0. The van der Waals surface area contributed by atoms with E-state index in [4.69, 9.17) is 0 Å². The second-order valence-corrected chi connectivity index (χ2v) is 9.76. The molecule has 0 unspecified atom stereocenters. The molecule has 0 N–H and O–H groups in total. The monoisotopic (exact) mass is 462 g/mol. The molecule has 126 valence electrons. The second-order valence-electron chi connectivity index (χ2n) is 6.11. The predicted octanol–water partition coefficient (Wildman–Crippen LogP) is 4.53. The first-order valence-corrected chi connectivity index (χ1v) is 10.6. The zero-order valence-corrected chi connectivity index (χ0v) is 16.9. The summed E-state index contributed by atoms with van der Waals surface area (Å²) >= 11 is 8.41. The SMILES string of the molecule is O=C(c1c(Br)sc(Br)c1C(=O)N1CCCCC1)N1CCCCC1. The van der Waals surface area contributed by atoms with Crippen LogP contribution in [0.15, 0.2) is 7.57 Å². The summed E-state index contributed by atoms with van der Waals surface area (Å²) < 4.78 is 1.50. The van der Waals surface area contributed by atoms with Gasteiger partial charge in [0.25, 0.3) is 11.8 Å². The molecular formula is C16H20Br2N2O2S. The Balaban J connectivity index is 1.90. The van der Waals surface area contributed by atoms with Crippen molar-refractivity contribution in [1.82, 2.24) is 9.80 Å². The van der Waals surface area contributed by atoms with E-state index in [1.807, 2.05) is 9.80 Å². The summed E-state index contributed by atoms with van der Waals surface area (Å²) in [6.07, 6.45) is 6.54. The molecule has 2 amide bonds. The quantitative estimate of drug-likeness (QED) is 0.646. The summed E-state index contributed by atoms with van der Waals surface area (Å²) in [5.41, 5.74) is 1.08. The largest absolute Gasteiger partial charge is 0.339 e. The molecule has 3 heterocycles. The first-order valence-electron chi connectivity index (χ1n) is 8.16. The molecule has 0 atom stereocenters. The minimum Gasteiger partial charge on any atom is -0.339 e. The van der Waals surface area contributed by atoms with Crippen LogP contribution in [0.2, 0.25) is 0 Å². The number of carbonyl (C=O) groups is 2. The van der Waals surface area contributed by atoms with E-state index in [2.05, 4.69) is 31.9 Å². The maximum Gasteiger partial charge on any atom is 0.256 e. The maximum atomic E-state index is 13.0. The summed E-state index contributed by atoms with van der Waals surface area (Å²) in [6, 6.07) is 0. The van der Waals surface area contributed by atoms with Crippen molar-refractivity contribution in [3.05, 3.63) is 18.7 Å². The van der Waals surface area contributed by atoms with Gasteiger partial charge in [-0.15, -0.1) is 11.3 Å². The minimum absolute atomic E-state index is 0.0149. The van der Waals surface area contributed by atoms with Crippen molar-refractivity contribution in [1.29, 1.82) is 0 Å². The number of rotatable bonds is 2. The van der Waals surface area contributed by atoms with Gasteiger partial charge in [0.2, 0.25) is 0 Å². The van der Waals surface area contributed by atoms with Gasteiger partial charge in [0.05, 0.1) is 18.7 Å². The highest BCUT2D eigenvalue weighted by molar-refractivity contribution is 9.12. The molecule has 2 aliphatic heterocycles. The van der Waals surface area contributed by atoms with Crippen LogP contribution in [0.1, 0.15) is 59.2 Å². The van der Waals surface area contributed by atoms with Gasteiger partial charge in [0, 0.05) is 26.2 Å². The zero-order valence-electron chi connectivity index (χ0n) is 12.9. The average molecular weight is 464 g/mol. The standard InChI is InChI=1S/C16H20Br2N2O2S/c17-13-11(15(21)19-7-3-1-4-8-19)12(14(18)23-13)16(22)20-9-5-2-6-10-20/h1-10H2. The first-order chi connectivity index (χ1) is 11.1. The fourth-order valence-electron chi connectivity index (χ4n) is 3.27. The van der Waals surface area contributed by atoms with Crippen LogP contribution in [0.25, 0.3) is 0 Å². The normalized spacial score (nSPS) is 19.0. The topological polar surface area (TPSA) is 40.6 Å². The van der Waals surface area contributed by atoms with Gasteiger partial charge in [-0.05, 0) is 70.4 Å². The highest BCUT2D eigenvalue weighted by Crippen LogP contribution is 2.39. The van der Waals surface area contributed by atoms with E-state index in [1.54, 1.807) is 0 Å². The Bertz CT molecular complexity index is 555. The molecule has 2 aliphatic rings. The van der Waals surface area contributed by atoms with E-state index < -0.39 is 0 Å². The van der Waals surface area contributed by atoms with Crippen molar-refractivity contribution in [2.75, 3.05) is 26.2 Å². The molecule has 0 saturated carbocycles.